The molecule has 0 saturated carbocycles. The average molecular weight is 139 g/mol. The van der Waals surface area contributed by atoms with E-state index in [-0.39, 0.29) is 6.61 Å². The molecule has 55 valence electrons. The summed E-state index contributed by atoms with van der Waals surface area (Å²) in [6.07, 6.45) is 8.80. The van der Waals surface area contributed by atoms with Crippen molar-refractivity contribution in [1.82, 2.24) is 0 Å². The summed E-state index contributed by atoms with van der Waals surface area (Å²) in [5, 5.41) is 8.41. The van der Waals surface area contributed by atoms with Crippen LogP contribution in [0.2, 0.25) is 0 Å². The average Bonchev–Trinajstić information content (AvgIpc) is 2.03. The van der Waals surface area contributed by atoms with Crippen molar-refractivity contribution in [2.75, 3.05) is 13.2 Å². The molecular formula is C8H11O2. The third kappa shape index (κ3) is 2.23. The van der Waals surface area contributed by atoms with E-state index in [4.69, 9.17) is 9.84 Å². The highest BCUT2D eigenvalue weighted by molar-refractivity contribution is 5.21. The summed E-state index contributed by atoms with van der Waals surface area (Å²) in [7, 11) is 0. The molecular weight excluding hydrogens is 128 g/mol. The lowest BCUT2D eigenvalue weighted by molar-refractivity contribution is 0.151. The largest absolute Gasteiger partial charge is 0.492 e. The summed E-state index contributed by atoms with van der Waals surface area (Å²) in [5.41, 5.74) is 0. The number of allylic oxidation sites excluding steroid dienone is 3. The predicted octanol–water partition coefficient (Wildman–Crippen LogP) is 1.04. The lowest BCUT2D eigenvalue weighted by Crippen LogP contribution is -1.98. The van der Waals surface area contributed by atoms with E-state index < -0.39 is 0 Å². The molecule has 2 heteroatoms. The number of aliphatic hydroxyl groups excluding tert-OH is 1. The number of ether oxygens (including phenoxy) is 1. The van der Waals surface area contributed by atoms with Gasteiger partial charge in [-0.15, -0.1) is 0 Å². The molecule has 0 amide bonds. The van der Waals surface area contributed by atoms with Crippen LogP contribution in [0.1, 0.15) is 6.42 Å². The monoisotopic (exact) mass is 139 g/mol. The lowest BCUT2D eigenvalue weighted by atomic mass is 10.2. The van der Waals surface area contributed by atoms with E-state index in [1.165, 1.54) is 0 Å². The maximum absolute atomic E-state index is 8.41. The number of hydrogen-bond acceptors (Lipinski definition) is 2. The van der Waals surface area contributed by atoms with E-state index in [0.29, 0.717) is 6.61 Å². The normalized spacial score (nSPS) is 16.7. The zero-order valence-electron chi connectivity index (χ0n) is 5.79. The first-order valence-electron chi connectivity index (χ1n) is 3.37. The topological polar surface area (TPSA) is 29.5 Å². The van der Waals surface area contributed by atoms with Crippen molar-refractivity contribution >= 4 is 0 Å². The minimum absolute atomic E-state index is 0.0783. The van der Waals surface area contributed by atoms with Gasteiger partial charge in [-0.3, -0.25) is 0 Å². The summed E-state index contributed by atoms with van der Waals surface area (Å²) in [5.74, 6) is 0.858. The molecule has 0 aromatic carbocycles. The van der Waals surface area contributed by atoms with Gasteiger partial charge in [-0.2, -0.15) is 0 Å². The van der Waals surface area contributed by atoms with Crippen molar-refractivity contribution in [1.29, 1.82) is 0 Å². The van der Waals surface area contributed by atoms with E-state index >= 15 is 0 Å². The van der Waals surface area contributed by atoms with Gasteiger partial charge in [0.25, 0.3) is 0 Å². The Morgan fingerprint density at radius 1 is 1.60 bits per heavy atom. The van der Waals surface area contributed by atoms with Gasteiger partial charge in [0.1, 0.15) is 12.4 Å². The van der Waals surface area contributed by atoms with E-state index in [0.717, 1.165) is 12.2 Å². The van der Waals surface area contributed by atoms with Crippen LogP contribution >= 0.6 is 0 Å². The fraction of sp³-hybridized carbons (Fsp3) is 0.375. The quantitative estimate of drug-likeness (QED) is 0.633. The molecule has 1 aliphatic carbocycles. The standard InChI is InChI=1S/C8H11O2/c9-6-7-10-8-4-2-1-3-5-8/h1-2,4-5,9H,3,6-7H2. The van der Waals surface area contributed by atoms with Crippen LogP contribution in [0.3, 0.4) is 0 Å². The molecule has 0 saturated heterocycles. The van der Waals surface area contributed by atoms with Gasteiger partial charge in [0.15, 0.2) is 0 Å². The first-order chi connectivity index (χ1) is 4.93. The van der Waals surface area contributed by atoms with Crippen LogP contribution in [-0.4, -0.2) is 18.3 Å². The Morgan fingerprint density at radius 2 is 2.50 bits per heavy atom. The van der Waals surface area contributed by atoms with E-state index in [2.05, 4.69) is 0 Å². The molecule has 0 unspecified atom stereocenters. The van der Waals surface area contributed by atoms with Crippen LogP contribution in [0.25, 0.3) is 0 Å². The van der Waals surface area contributed by atoms with Crippen molar-refractivity contribution in [3.63, 3.8) is 0 Å². The van der Waals surface area contributed by atoms with Crippen molar-refractivity contribution in [2.24, 2.45) is 0 Å². The van der Waals surface area contributed by atoms with Crippen molar-refractivity contribution < 1.29 is 9.84 Å². The van der Waals surface area contributed by atoms with Crippen molar-refractivity contribution in [2.45, 2.75) is 6.42 Å². The number of hydrogen-bond donors (Lipinski definition) is 1. The maximum atomic E-state index is 8.41. The Labute approximate surface area is 60.8 Å². The van der Waals surface area contributed by atoms with E-state index in [1.54, 1.807) is 0 Å². The van der Waals surface area contributed by atoms with Gasteiger partial charge in [0.2, 0.25) is 0 Å². The molecule has 0 aromatic rings. The molecule has 0 aromatic heterocycles. The molecule has 1 radical (unpaired) electrons. The molecule has 1 aliphatic rings. The summed E-state index contributed by atoms with van der Waals surface area (Å²) >= 11 is 0. The Kier molecular flexibility index (Phi) is 3.03. The van der Waals surface area contributed by atoms with Gasteiger partial charge in [0.05, 0.1) is 6.61 Å². The summed E-state index contributed by atoms with van der Waals surface area (Å²) in [6.45, 7) is 0.463. The first-order valence-corrected chi connectivity index (χ1v) is 3.37. The smallest absolute Gasteiger partial charge is 0.115 e. The summed E-state index contributed by atoms with van der Waals surface area (Å²) < 4.78 is 5.14. The van der Waals surface area contributed by atoms with Crippen LogP contribution < -0.4 is 0 Å². The molecule has 0 aliphatic heterocycles. The van der Waals surface area contributed by atoms with Crippen LogP contribution in [0.5, 0.6) is 0 Å². The Hall–Kier alpha value is -0.760. The molecule has 2 nitrogen and oxygen atoms in total. The summed E-state index contributed by atoms with van der Waals surface area (Å²) in [6, 6.07) is 0. The molecule has 0 bridgehead atoms. The molecule has 10 heavy (non-hydrogen) atoms. The van der Waals surface area contributed by atoms with E-state index in [1.807, 2.05) is 24.6 Å². The van der Waals surface area contributed by atoms with Gasteiger partial charge in [-0.1, -0.05) is 6.08 Å². The van der Waals surface area contributed by atoms with Crippen LogP contribution in [0.4, 0.5) is 0 Å². The van der Waals surface area contributed by atoms with Gasteiger partial charge in [-0.05, 0) is 25.0 Å². The van der Waals surface area contributed by atoms with Crippen LogP contribution in [-0.2, 0) is 4.74 Å². The first kappa shape index (κ1) is 7.35. The Balaban J connectivity index is 2.26. The number of rotatable bonds is 3. The molecule has 0 spiro atoms. The second kappa shape index (κ2) is 4.12. The van der Waals surface area contributed by atoms with E-state index in [9.17, 15) is 0 Å². The van der Waals surface area contributed by atoms with Crippen LogP contribution in [0, 0.1) is 6.42 Å². The molecule has 0 atom stereocenters. The highest BCUT2D eigenvalue weighted by Crippen LogP contribution is 2.08. The number of aliphatic hydroxyl groups is 1. The molecule has 1 rings (SSSR count). The Bertz CT molecular complexity index is 147. The highest BCUT2D eigenvalue weighted by Gasteiger charge is 1.95. The minimum Gasteiger partial charge on any atom is -0.492 e. The van der Waals surface area contributed by atoms with Crippen molar-refractivity contribution in [3.8, 4) is 0 Å². The SMILES string of the molecule is OCCOC1=CC[CH]C=C1. The maximum Gasteiger partial charge on any atom is 0.115 e. The highest BCUT2D eigenvalue weighted by atomic mass is 16.5. The fourth-order valence-corrected chi connectivity index (χ4v) is 0.764. The zero-order valence-corrected chi connectivity index (χ0v) is 5.79. The second-order valence-electron chi connectivity index (χ2n) is 2.01. The zero-order chi connectivity index (χ0) is 7.23. The predicted molar refractivity (Wildman–Crippen MR) is 39.2 cm³/mol. The van der Waals surface area contributed by atoms with Crippen LogP contribution in [0.15, 0.2) is 24.0 Å². The second-order valence-corrected chi connectivity index (χ2v) is 2.01. The molecule has 0 fully saturated rings. The fourth-order valence-electron chi connectivity index (χ4n) is 0.764. The van der Waals surface area contributed by atoms with Gasteiger partial charge in [-0.25, -0.2) is 0 Å². The third-order valence-electron chi connectivity index (χ3n) is 1.21. The minimum atomic E-state index is 0.0783. The van der Waals surface area contributed by atoms with Gasteiger partial charge < -0.3 is 9.84 Å². The van der Waals surface area contributed by atoms with Gasteiger partial charge in [0, 0.05) is 0 Å². The van der Waals surface area contributed by atoms with Gasteiger partial charge >= 0.3 is 0 Å². The third-order valence-corrected chi connectivity index (χ3v) is 1.21. The lowest BCUT2D eigenvalue weighted by Gasteiger charge is -2.07. The molecule has 1 N–H and O–H groups in total. The van der Waals surface area contributed by atoms with Crippen molar-refractivity contribution in [3.05, 3.63) is 30.4 Å². The Morgan fingerprint density at radius 3 is 3.10 bits per heavy atom. The summed E-state index contributed by atoms with van der Waals surface area (Å²) in [4.78, 5) is 0. The molecule has 0 heterocycles.